The lowest BCUT2D eigenvalue weighted by molar-refractivity contribution is 0.102. The molecule has 0 radical (unpaired) electrons. The number of hydrogen-bond donors (Lipinski definition) is 2. The smallest absolute Gasteiger partial charge is 0.255 e. The van der Waals surface area contributed by atoms with Crippen LogP contribution < -0.4 is 10.2 Å². The molecule has 128 valence electrons. The van der Waals surface area contributed by atoms with Crippen LogP contribution in [0.2, 0.25) is 0 Å². The standard InChI is InChI=1S/C20H21N3O2/c21-12-9-15-1-5-17(6-2-15)22-20(25)16-3-7-18(8-4-16)23-13-10-19(24)11-14-23/h1-8,19,24H,9-11,13-14H2,(H,22,25). The fourth-order valence-corrected chi connectivity index (χ4v) is 2.95. The van der Waals surface area contributed by atoms with Crippen molar-refractivity contribution in [3.63, 3.8) is 0 Å². The molecule has 0 bridgehead atoms. The minimum atomic E-state index is -0.194. The number of benzene rings is 2. The van der Waals surface area contributed by atoms with E-state index in [1.54, 1.807) is 12.1 Å². The molecule has 2 aromatic rings. The molecule has 2 aromatic carbocycles. The molecule has 1 aliphatic heterocycles. The van der Waals surface area contributed by atoms with E-state index in [-0.39, 0.29) is 12.0 Å². The summed E-state index contributed by atoms with van der Waals surface area (Å²) in [5.74, 6) is -0.159. The summed E-state index contributed by atoms with van der Waals surface area (Å²) in [5.41, 5.74) is 3.31. The van der Waals surface area contributed by atoms with E-state index in [2.05, 4.69) is 16.3 Å². The molecule has 0 saturated carbocycles. The first kappa shape index (κ1) is 17.0. The molecule has 0 unspecified atom stereocenters. The van der Waals surface area contributed by atoms with Crippen molar-refractivity contribution in [2.24, 2.45) is 0 Å². The third-order valence-electron chi connectivity index (χ3n) is 4.45. The normalized spacial score (nSPS) is 14.8. The molecule has 3 rings (SSSR count). The summed E-state index contributed by atoms with van der Waals surface area (Å²) in [6, 6.07) is 16.9. The maximum absolute atomic E-state index is 12.3. The van der Waals surface area contributed by atoms with Crippen molar-refractivity contribution in [2.75, 3.05) is 23.3 Å². The molecule has 0 aromatic heterocycles. The van der Waals surface area contributed by atoms with Gasteiger partial charge in [0.2, 0.25) is 0 Å². The van der Waals surface area contributed by atoms with Gasteiger partial charge in [0.25, 0.3) is 5.91 Å². The number of rotatable bonds is 4. The monoisotopic (exact) mass is 335 g/mol. The second kappa shape index (κ2) is 7.82. The Balaban J connectivity index is 1.61. The van der Waals surface area contributed by atoms with E-state index in [4.69, 9.17) is 5.26 Å². The van der Waals surface area contributed by atoms with Gasteiger partial charge in [0, 0.05) is 30.0 Å². The highest BCUT2D eigenvalue weighted by Crippen LogP contribution is 2.21. The van der Waals surface area contributed by atoms with Gasteiger partial charge in [-0.05, 0) is 54.8 Å². The van der Waals surface area contributed by atoms with Crippen molar-refractivity contribution in [2.45, 2.75) is 25.4 Å². The molecule has 1 amide bonds. The van der Waals surface area contributed by atoms with Crippen LogP contribution in [-0.2, 0) is 6.42 Å². The topological polar surface area (TPSA) is 76.4 Å². The molecule has 0 aliphatic carbocycles. The van der Waals surface area contributed by atoms with E-state index in [9.17, 15) is 9.90 Å². The van der Waals surface area contributed by atoms with Crippen molar-refractivity contribution in [1.29, 1.82) is 5.26 Å². The van der Waals surface area contributed by atoms with Crippen LogP contribution in [0.5, 0.6) is 0 Å². The maximum Gasteiger partial charge on any atom is 0.255 e. The second-order valence-corrected chi connectivity index (χ2v) is 6.25. The SMILES string of the molecule is N#CCc1ccc(NC(=O)c2ccc(N3CCC(O)CC3)cc2)cc1. The van der Waals surface area contributed by atoms with E-state index < -0.39 is 0 Å². The zero-order chi connectivity index (χ0) is 17.6. The van der Waals surface area contributed by atoms with E-state index in [0.29, 0.717) is 17.7 Å². The van der Waals surface area contributed by atoms with Crippen LogP contribution >= 0.6 is 0 Å². The first-order valence-corrected chi connectivity index (χ1v) is 8.46. The number of nitrogens with zero attached hydrogens (tertiary/aromatic N) is 2. The summed E-state index contributed by atoms with van der Waals surface area (Å²) < 4.78 is 0. The quantitative estimate of drug-likeness (QED) is 0.900. The van der Waals surface area contributed by atoms with Gasteiger partial charge >= 0.3 is 0 Å². The highest BCUT2D eigenvalue weighted by atomic mass is 16.3. The van der Waals surface area contributed by atoms with Crippen LogP contribution in [-0.4, -0.2) is 30.2 Å². The van der Waals surface area contributed by atoms with E-state index in [1.807, 2.05) is 36.4 Å². The van der Waals surface area contributed by atoms with Crippen molar-refractivity contribution in [3.05, 3.63) is 59.7 Å². The molecule has 5 nitrogen and oxygen atoms in total. The lowest BCUT2D eigenvalue weighted by atomic mass is 10.1. The Hall–Kier alpha value is -2.84. The van der Waals surface area contributed by atoms with Gasteiger partial charge in [-0.15, -0.1) is 0 Å². The number of carbonyl (C=O) groups is 1. The molecular weight excluding hydrogens is 314 g/mol. The van der Waals surface area contributed by atoms with Crippen LogP contribution in [0, 0.1) is 11.3 Å². The minimum absolute atomic E-state index is 0.159. The molecule has 25 heavy (non-hydrogen) atoms. The summed E-state index contributed by atoms with van der Waals surface area (Å²) in [7, 11) is 0. The van der Waals surface area contributed by atoms with Gasteiger partial charge in [0.05, 0.1) is 18.6 Å². The molecule has 1 saturated heterocycles. The number of hydrogen-bond acceptors (Lipinski definition) is 4. The third kappa shape index (κ3) is 4.37. The lowest BCUT2D eigenvalue weighted by Gasteiger charge is -2.31. The Morgan fingerprint density at radius 2 is 1.76 bits per heavy atom. The average Bonchev–Trinajstić information content (AvgIpc) is 2.64. The van der Waals surface area contributed by atoms with Gasteiger partial charge in [-0.2, -0.15) is 5.26 Å². The lowest BCUT2D eigenvalue weighted by Crippen LogP contribution is -2.35. The number of aliphatic hydroxyl groups is 1. The molecule has 1 aliphatic rings. The summed E-state index contributed by atoms with van der Waals surface area (Å²) in [6.45, 7) is 1.67. The molecule has 2 N–H and O–H groups in total. The first-order chi connectivity index (χ1) is 12.2. The van der Waals surface area contributed by atoms with Crippen LogP contribution in [0.25, 0.3) is 0 Å². The fourth-order valence-electron chi connectivity index (χ4n) is 2.95. The number of aliphatic hydroxyl groups excluding tert-OH is 1. The molecule has 1 fully saturated rings. The molecular formula is C20H21N3O2. The van der Waals surface area contributed by atoms with Crippen molar-refractivity contribution in [1.82, 2.24) is 0 Å². The Labute approximate surface area is 147 Å². The Morgan fingerprint density at radius 3 is 2.36 bits per heavy atom. The molecule has 0 spiro atoms. The molecule has 0 atom stereocenters. The Kier molecular flexibility index (Phi) is 5.32. The summed E-state index contributed by atoms with van der Waals surface area (Å²) in [5, 5.41) is 21.1. The van der Waals surface area contributed by atoms with E-state index in [1.165, 1.54) is 0 Å². The Morgan fingerprint density at radius 1 is 1.12 bits per heavy atom. The molecule has 5 heteroatoms. The number of nitriles is 1. The van der Waals surface area contributed by atoms with Gasteiger partial charge in [0.15, 0.2) is 0 Å². The number of carbonyl (C=O) groups excluding carboxylic acids is 1. The van der Waals surface area contributed by atoms with Gasteiger partial charge in [0.1, 0.15) is 0 Å². The van der Waals surface area contributed by atoms with Crippen LogP contribution in [0.15, 0.2) is 48.5 Å². The molecule has 1 heterocycles. The fraction of sp³-hybridized carbons (Fsp3) is 0.300. The highest BCUT2D eigenvalue weighted by molar-refractivity contribution is 6.04. The summed E-state index contributed by atoms with van der Waals surface area (Å²) in [4.78, 5) is 14.6. The van der Waals surface area contributed by atoms with Crippen LogP contribution in [0.1, 0.15) is 28.8 Å². The van der Waals surface area contributed by atoms with Crippen LogP contribution in [0.4, 0.5) is 11.4 Å². The van der Waals surface area contributed by atoms with Crippen molar-refractivity contribution < 1.29 is 9.90 Å². The van der Waals surface area contributed by atoms with Gasteiger partial charge < -0.3 is 15.3 Å². The number of piperidine rings is 1. The highest BCUT2D eigenvalue weighted by Gasteiger charge is 2.17. The van der Waals surface area contributed by atoms with Gasteiger partial charge in [-0.25, -0.2) is 0 Å². The van der Waals surface area contributed by atoms with Crippen molar-refractivity contribution >= 4 is 17.3 Å². The predicted octanol–water partition coefficient (Wildman–Crippen LogP) is 2.97. The van der Waals surface area contributed by atoms with Gasteiger partial charge in [-0.1, -0.05) is 12.1 Å². The second-order valence-electron chi connectivity index (χ2n) is 6.25. The minimum Gasteiger partial charge on any atom is -0.393 e. The number of anilines is 2. The van der Waals surface area contributed by atoms with E-state index in [0.717, 1.165) is 37.2 Å². The van der Waals surface area contributed by atoms with Gasteiger partial charge in [-0.3, -0.25) is 4.79 Å². The zero-order valence-electron chi connectivity index (χ0n) is 14.0. The third-order valence-corrected chi connectivity index (χ3v) is 4.45. The maximum atomic E-state index is 12.3. The van der Waals surface area contributed by atoms with Crippen LogP contribution in [0.3, 0.4) is 0 Å². The Bertz CT molecular complexity index is 755. The average molecular weight is 335 g/mol. The summed E-state index contributed by atoms with van der Waals surface area (Å²) in [6.07, 6.45) is 1.73. The number of nitrogens with one attached hydrogen (secondary N) is 1. The zero-order valence-corrected chi connectivity index (χ0v) is 14.0. The first-order valence-electron chi connectivity index (χ1n) is 8.46. The van der Waals surface area contributed by atoms with Crippen molar-refractivity contribution in [3.8, 4) is 6.07 Å². The largest absolute Gasteiger partial charge is 0.393 e. The van der Waals surface area contributed by atoms with E-state index >= 15 is 0 Å². The summed E-state index contributed by atoms with van der Waals surface area (Å²) >= 11 is 0. The predicted molar refractivity (Wildman–Crippen MR) is 97.6 cm³/mol. The number of amides is 1.